The van der Waals surface area contributed by atoms with Crippen molar-refractivity contribution < 1.29 is 9.53 Å². The molecule has 0 aliphatic carbocycles. The number of aryl methyl sites for hydroxylation is 2. The zero-order chi connectivity index (χ0) is 15.9. The van der Waals surface area contributed by atoms with E-state index in [4.69, 9.17) is 10.5 Å². The van der Waals surface area contributed by atoms with E-state index in [-0.39, 0.29) is 5.91 Å². The molecule has 0 bridgehead atoms. The van der Waals surface area contributed by atoms with E-state index in [1.807, 2.05) is 45.9 Å². The van der Waals surface area contributed by atoms with Crippen LogP contribution in [0, 0.1) is 19.3 Å². The normalized spacial score (nSPS) is 11.3. The maximum atomic E-state index is 12.3. The SMILES string of the molecule is CCC(CC)(CN)C(=O)NCCOc1c(C)cccc1C. The van der Waals surface area contributed by atoms with Gasteiger partial charge in [0, 0.05) is 6.54 Å². The molecule has 0 heterocycles. The number of hydrogen-bond donors (Lipinski definition) is 2. The molecule has 0 atom stereocenters. The highest BCUT2D eigenvalue weighted by atomic mass is 16.5. The van der Waals surface area contributed by atoms with E-state index >= 15 is 0 Å². The summed E-state index contributed by atoms with van der Waals surface area (Å²) >= 11 is 0. The zero-order valence-corrected chi connectivity index (χ0v) is 13.7. The van der Waals surface area contributed by atoms with Crippen molar-refractivity contribution in [3.8, 4) is 5.75 Å². The minimum Gasteiger partial charge on any atom is -0.491 e. The zero-order valence-electron chi connectivity index (χ0n) is 13.7. The quantitative estimate of drug-likeness (QED) is 0.724. The van der Waals surface area contributed by atoms with Crippen molar-refractivity contribution in [2.75, 3.05) is 19.7 Å². The molecular weight excluding hydrogens is 264 g/mol. The minimum absolute atomic E-state index is 0.0279. The molecule has 118 valence electrons. The van der Waals surface area contributed by atoms with Crippen LogP contribution in [0.25, 0.3) is 0 Å². The number of nitrogens with two attached hydrogens (primary N) is 1. The van der Waals surface area contributed by atoms with E-state index in [0.717, 1.165) is 29.7 Å². The van der Waals surface area contributed by atoms with Gasteiger partial charge in [0.2, 0.25) is 5.91 Å². The summed E-state index contributed by atoms with van der Waals surface area (Å²) in [5, 5.41) is 2.94. The Kier molecular flexibility index (Phi) is 6.69. The van der Waals surface area contributed by atoms with Crippen LogP contribution in [0.4, 0.5) is 0 Å². The van der Waals surface area contributed by atoms with E-state index in [9.17, 15) is 4.79 Å². The van der Waals surface area contributed by atoms with Gasteiger partial charge < -0.3 is 15.8 Å². The molecule has 1 aromatic carbocycles. The van der Waals surface area contributed by atoms with Gasteiger partial charge in [-0.1, -0.05) is 32.0 Å². The van der Waals surface area contributed by atoms with E-state index in [1.165, 1.54) is 0 Å². The van der Waals surface area contributed by atoms with Crippen LogP contribution < -0.4 is 15.8 Å². The summed E-state index contributed by atoms with van der Waals surface area (Å²) in [5.74, 6) is 0.933. The summed E-state index contributed by atoms with van der Waals surface area (Å²) in [6.07, 6.45) is 1.51. The van der Waals surface area contributed by atoms with Crippen LogP contribution in [0.3, 0.4) is 0 Å². The smallest absolute Gasteiger partial charge is 0.227 e. The fourth-order valence-electron chi connectivity index (χ4n) is 2.48. The fourth-order valence-corrected chi connectivity index (χ4v) is 2.48. The molecule has 3 N–H and O–H groups in total. The highest BCUT2D eigenvalue weighted by Crippen LogP contribution is 2.25. The predicted molar refractivity (Wildman–Crippen MR) is 86.5 cm³/mol. The summed E-state index contributed by atoms with van der Waals surface area (Å²) in [6.45, 7) is 9.39. The first-order chi connectivity index (χ1) is 10.0. The molecule has 0 spiro atoms. The Hall–Kier alpha value is -1.55. The van der Waals surface area contributed by atoms with E-state index in [0.29, 0.717) is 19.7 Å². The van der Waals surface area contributed by atoms with Gasteiger partial charge in [-0.2, -0.15) is 0 Å². The van der Waals surface area contributed by atoms with Gasteiger partial charge in [0.1, 0.15) is 12.4 Å². The number of ether oxygens (including phenoxy) is 1. The number of rotatable bonds is 8. The van der Waals surface area contributed by atoms with Crippen LogP contribution in [0.1, 0.15) is 37.8 Å². The Bertz CT molecular complexity index is 439. The van der Waals surface area contributed by atoms with Gasteiger partial charge in [0.05, 0.1) is 12.0 Å². The second kappa shape index (κ2) is 8.03. The summed E-state index contributed by atoms with van der Waals surface area (Å²) < 4.78 is 5.79. The molecule has 0 radical (unpaired) electrons. The second-order valence-corrected chi connectivity index (χ2v) is 5.52. The molecule has 1 rings (SSSR count). The predicted octanol–water partition coefficient (Wildman–Crippen LogP) is 2.56. The molecule has 1 amide bonds. The van der Waals surface area contributed by atoms with E-state index < -0.39 is 5.41 Å². The summed E-state index contributed by atoms with van der Waals surface area (Å²) in [7, 11) is 0. The van der Waals surface area contributed by atoms with E-state index in [2.05, 4.69) is 5.32 Å². The van der Waals surface area contributed by atoms with Gasteiger partial charge in [-0.15, -0.1) is 0 Å². The maximum Gasteiger partial charge on any atom is 0.227 e. The molecule has 4 nitrogen and oxygen atoms in total. The van der Waals surface area contributed by atoms with Crippen molar-refractivity contribution in [3.63, 3.8) is 0 Å². The summed E-state index contributed by atoms with van der Waals surface area (Å²) in [5.41, 5.74) is 7.55. The molecule has 0 saturated heterocycles. The van der Waals surface area contributed by atoms with Gasteiger partial charge in [-0.3, -0.25) is 4.79 Å². The lowest BCUT2D eigenvalue weighted by Gasteiger charge is -2.28. The van der Waals surface area contributed by atoms with Crippen molar-refractivity contribution in [2.45, 2.75) is 40.5 Å². The van der Waals surface area contributed by atoms with Gasteiger partial charge in [-0.25, -0.2) is 0 Å². The van der Waals surface area contributed by atoms with Crippen molar-refractivity contribution >= 4 is 5.91 Å². The van der Waals surface area contributed by atoms with Crippen LogP contribution in [-0.4, -0.2) is 25.6 Å². The van der Waals surface area contributed by atoms with Crippen LogP contribution in [0.2, 0.25) is 0 Å². The average molecular weight is 292 g/mol. The monoisotopic (exact) mass is 292 g/mol. The number of para-hydroxylation sites is 1. The molecule has 0 saturated carbocycles. The van der Waals surface area contributed by atoms with Crippen LogP contribution in [0.15, 0.2) is 18.2 Å². The fraction of sp³-hybridized carbons (Fsp3) is 0.588. The Balaban J connectivity index is 2.49. The maximum absolute atomic E-state index is 12.3. The first kappa shape index (κ1) is 17.5. The molecule has 21 heavy (non-hydrogen) atoms. The molecule has 0 aliphatic rings. The Morgan fingerprint density at radius 1 is 1.24 bits per heavy atom. The van der Waals surface area contributed by atoms with Crippen LogP contribution >= 0.6 is 0 Å². The lowest BCUT2D eigenvalue weighted by atomic mass is 9.81. The third kappa shape index (κ3) is 4.21. The van der Waals surface area contributed by atoms with Gasteiger partial charge >= 0.3 is 0 Å². The van der Waals surface area contributed by atoms with Crippen molar-refractivity contribution in [3.05, 3.63) is 29.3 Å². The van der Waals surface area contributed by atoms with Crippen molar-refractivity contribution in [1.29, 1.82) is 0 Å². The summed E-state index contributed by atoms with van der Waals surface area (Å²) in [6, 6.07) is 6.06. The number of carbonyl (C=O) groups excluding carboxylic acids is 1. The molecule has 0 fully saturated rings. The summed E-state index contributed by atoms with van der Waals surface area (Å²) in [4.78, 5) is 12.3. The molecule has 4 heteroatoms. The van der Waals surface area contributed by atoms with Crippen LogP contribution in [-0.2, 0) is 4.79 Å². The molecule has 0 aromatic heterocycles. The Morgan fingerprint density at radius 2 is 1.81 bits per heavy atom. The molecule has 0 unspecified atom stereocenters. The molecule has 1 aromatic rings. The first-order valence-electron chi connectivity index (χ1n) is 7.68. The number of hydrogen-bond acceptors (Lipinski definition) is 3. The van der Waals surface area contributed by atoms with Gasteiger partial charge in [-0.05, 0) is 37.8 Å². The first-order valence-corrected chi connectivity index (χ1v) is 7.68. The van der Waals surface area contributed by atoms with Crippen molar-refractivity contribution in [1.82, 2.24) is 5.32 Å². The third-order valence-electron chi connectivity index (χ3n) is 4.27. The Morgan fingerprint density at radius 3 is 2.29 bits per heavy atom. The molecular formula is C17H28N2O2. The third-order valence-corrected chi connectivity index (χ3v) is 4.27. The van der Waals surface area contributed by atoms with Crippen LogP contribution in [0.5, 0.6) is 5.75 Å². The topological polar surface area (TPSA) is 64.4 Å². The molecule has 0 aliphatic heterocycles. The number of carbonyl (C=O) groups is 1. The number of benzene rings is 1. The van der Waals surface area contributed by atoms with Gasteiger partial charge in [0.15, 0.2) is 0 Å². The number of nitrogens with one attached hydrogen (secondary N) is 1. The standard InChI is InChI=1S/C17H28N2O2/c1-5-17(6-2,12-18)16(20)19-10-11-21-15-13(3)8-7-9-14(15)4/h7-9H,5-6,10-12,18H2,1-4H3,(H,19,20). The Labute approximate surface area is 128 Å². The second-order valence-electron chi connectivity index (χ2n) is 5.52. The lowest BCUT2D eigenvalue weighted by Crippen LogP contribution is -2.46. The largest absolute Gasteiger partial charge is 0.491 e. The minimum atomic E-state index is -0.446. The highest BCUT2D eigenvalue weighted by Gasteiger charge is 2.32. The van der Waals surface area contributed by atoms with Crippen molar-refractivity contribution in [2.24, 2.45) is 11.1 Å². The lowest BCUT2D eigenvalue weighted by molar-refractivity contribution is -0.131. The van der Waals surface area contributed by atoms with E-state index in [1.54, 1.807) is 0 Å². The number of amides is 1. The average Bonchev–Trinajstić information content (AvgIpc) is 2.48. The van der Waals surface area contributed by atoms with Gasteiger partial charge in [0.25, 0.3) is 0 Å². The highest BCUT2D eigenvalue weighted by molar-refractivity contribution is 5.82.